The number of aliphatic hydroxyl groups is 1. The molecule has 1 aliphatic rings. The summed E-state index contributed by atoms with van der Waals surface area (Å²) in [6.07, 6.45) is 0.341. The van der Waals surface area contributed by atoms with Crippen LogP contribution in [0.2, 0.25) is 0 Å². The fourth-order valence-electron chi connectivity index (χ4n) is 1.70. The molecule has 0 unspecified atom stereocenters. The molecule has 0 aliphatic carbocycles. The van der Waals surface area contributed by atoms with Crippen LogP contribution in [0, 0.1) is 3.57 Å². The smallest absolute Gasteiger partial charge is 0.253 e. The third kappa shape index (κ3) is 2.49. The van der Waals surface area contributed by atoms with Crippen molar-refractivity contribution in [2.24, 2.45) is 0 Å². The summed E-state index contributed by atoms with van der Waals surface area (Å²) in [7, 11) is 0. The van der Waals surface area contributed by atoms with Crippen molar-refractivity contribution in [3.05, 3.63) is 33.4 Å². The molecular formula is C11H12INO2. The molecule has 1 amide bonds. The highest BCUT2D eigenvalue weighted by atomic mass is 127. The molecule has 15 heavy (non-hydrogen) atoms. The van der Waals surface area contributed by atoms with Crippen LogP contribution in [0.25, 0.3) is 0 Å². The third-order valence-corrected chi connectivity index (χ3v) is 3.26. The summed E-state index contributed by atoms with van der Waals surface area (Å²) in [5.74, 6) is 0.0166. The molecule has 1 saturated heterocycles. The van der Waals surface area contributed by atoms with Crippen LogP contribution in [0.3, 0.4) is 0 Å². The van der Waals surface area contributed by atoms with Crippen LogP contribution in [-0.2, 0) is 0 Å². The van der Waals surface area contributed by atoms with Crippen LogP contribution in [0.5, 0.6) is 0 Å². The average molecular weight is 317 g/mol. The maximum atomic E-state index is 11.9. The zero-order valence-electron chi connectivity index (χ0n) is 8.19. The Hall–Kier alpha value is -0.620. The number of halogens is 1. The number of rotatable bonds is 1. The molecule has 1 atom stereocenters. The first kappa shape index (κ1) is 10.9. The Bertz CT molecular complexity index is 363. The standard InChI is InChI=1S/C11H12INO2/c12-9-3-1-8(2-4-9)11(15)13-6-5-10(14)7-13/h1-4,10,14H,5-7H2/t10-/m1/s1. The average Bonchev–Trinajstić information content (AvgIpc) is 2.65. The number of carbonyl (C=O) groups is 1. The Labute approximate surface area is 102 Å². The molecule has 3 nitrogen and oxygen atoms in total. The van der Waals surface area contributed by atoms with Gasteiger partial charge in [-0.2, -0.15) is 0 Å². The lowest BCUT2D eigenvalue weighted by Gasteiger charge is -2.15. The van der Waals surface area contributed by atoms with Crippen LogP contribution in [-0.4, -0.2) is 35.1 Å². The SMILES string of the molecule is O=C(c1ccc(I)cc1)N1CC[C@@H](O)C1. The van der Waals surface area contributed by atoms with Crippen LogP contribution in [0.1, 0.15) is 16.8 Å². The fourth-order valence-corrected chi connectivity index (χ4v) is 2.06. The van der Waals surface area contributed by atoms with Gasteiger partial charge in [0.05, 0.1) is 6.10 Å². The molecular weight excluding hydrogens is 305 g/mol. The van der Waals surface area contributed by atoms with Gasteiger partial charge in [0.25, 0.3) is 5.91 Å². The van der Waals surface area contributed by atoms with Gasteiger partial charge in [0.2, 0.25) is 0 Å². The van der Waals surface area contributed by atoms with Gasteiger partial charge in [-0.15, -0.1) is 0 Å². The molecule has 1 heterocycles. The zero-order valence-corrected chi connectivity index (χ0v) is 10.3. The quantitative estimate of drug-likeness (QED) is 0.798. The van der Waals surface area contributed by atoms with Crippen molar-refractivity contribution in [3.63, 3.8) is 0 Å². The lowest BCUT2D eigenvalue weighted by molar-refractivity contribution is 0.0765. The molecule has 1 aliphatic heterocycles. The van der Waals surface area contributed by atoms with E-state index in [1.165, 1.54) is 0 Å². The summed E-state index contributed by atoms with van der Waals surface area (Å²) in [5.41, 5.74) is 0.699. The zero-order chi connectivity index (χ0) is 10.8. The molecule has 80 valence electrons. The predicted molar refractivity (Wildman–Crippen MR) is 65.7 cm³/mol. The van der Waals surface area contributed by atoms with E-state index >= 15 is 0 Å². The van der Waals surface area contributed by atoms with Crippen molar-refractivity contribution < 1.29 is 9.90 Å². The van der Waals surface area contributed by atoms with E-state index in [0.29, 0.717) is 25.1 Å². The monoisotopic (exact) mass is 317 g/mol. The molecule has 1 aromatic rings. The van der Waals surface area contributed by atoms with E-state index in [9.17, 15) is 9.90 Å². The van der Waals surface area contributed by atoms with Gasteiger partial charge in [0, 0.05) is 22.2 Å². The minimum absolute atomic E-state index is 0.0166. The van der Waals surface area contributed by atoms with Crippen molar-refractivity contribution in [2.75, 3.05) is 13.1 Å². The van der Waals surface area contributed by atoms with E-state index in [4.69, 9.17) is 0 Å². The third-order valence-electron chi connectivity index (χ3n) is 2.54. The van der Waals surface area contributed by atoms with E-state index in [-0.39, 0.29) is 12.0 Å². The lowest BCUT2D eigenvalue weighted by atomic mass is 10.2. The molecule has 0 bridgehead atoms. The van der Waals surface area contributed by atoms with Crippen LogP contribution >= 0.6 is 22.6 Å². The number of hydrogen-bond donors (Lipinski definition) is 1. The van der Waals surface area contributed by atoms with Crippen molar-refractivity contribution >= 4 is 28.5 Å². The fraction of sp³-hybridized carbons (Fsp3) is 0.364. The van der Waals surface area contributed by atoms with Gasteiger partial charge in [-0.25, -0.2) is 0 Å². The number of hydrogen-bond acceptors (Lipinski definition) is 2. The summed E-state index contributed by atoms with van der Waals surface area (Å²) in [4.78, 5) is 13.6. The molecule has 0 spiro atoms. The van der Waals surface area contributed by atoms with Gasteiger partial charge in [0.15, 0.2) is 0 Å². The first-order chi connectivity index (χ1) is 7.16. The Kier molecular flexibility index (Phi) is 3.25. The first-order valence-electron chi connectivity index (χ1n) is 4.90. The van der Waals surface area contributed by atoms with Crippen molar-refractivity contribution in [3.8, 4) is 0 Å². The van der Waals surface area contributed by atoms with Gasteiger partial charge in [-0.1, -0.05) is 0 Å². The van der Waals surface area contributed by atoms with Gasteiger partial charge in [0.1, 0.15) is 0 Å². The lowest BCUT2D eigenvalue weighted by Crippen LogP contribution is -2.29. The van der Waals surface area contributed by atoms with Gasteiger partial charge < -0.3 is 10.0 Å². The predicted octanol–water partition coefficient (Wildman–Crippen LogP) is 1.50. The highest BCUT2D eigenvalue weighted by Gasteiger charge is 2.25. The van der Waals surface area contributed by atoms with E-state index < -0.39 is 0 Å². The van der Waals surface area contributed by atoms with E-state index in [1.807, 2.05) is 24.3 Å². The Morgan fingerprint density at radius 1 is 1.40 bits per heavy atom. The number of likely N-dealkylation sites (tertiary alicyclic amines) is 1. The topological polar surface area (TPSA) is 40.5 Å². The molecule has 4 heteroatoms. The number of β-amino-alcohol motifs (C(OH)–C–C–N with tert-alkyl or cyclic N) is 1. The first-order valence-corrected chi connectivity index (χ1v) is 5.97. The van der Waals surface area contributed by atoms with Crippen LogP contribution in [0.4, 0.5) is 0 Å². The van der Waals surface area contributed by atoms with E-state index in [1.54, 1.807) is 4.90 Å². The maximum Gasteiger partial charge on any atom is 0.253 e. The summed E-state index contributed by atoms with van der Waals surface area (Å²) in [6, 6.07) is 7.49. The van der Waals surface area contributed by atoms with Gasteiger partial charge in [-0.3, -0.25) is 4.79 Å². The molecule has 0 radical (unpaired) electrons. The highest BCUT2D eigenvalue weighted by Crippen LogP contribution is 2.14. The summed E-state index contributed by atoms with van der Waals surface area (Å²) < 4.78 is 1.12. The number of benzene rings is 1. The van der Waals surface area contributed by atoms with Crippen molar-refractivity contribution in [2.45, 2.75) is 12.5 Å². The Morgan fingerprint density at radius 3 is 2.60 bits per heavy atom. The largest absolute Gasteiger partial charge is 0.391 e. The minimum atomic E-state index is -0.349. The molecule has 1 N–H and O–H groups in total. The number of nitrogens with zero attached hydrogens (tertiary/aromatic N) is 1. The Morgan fingerprint density at radius 2 is 2.07 bits per heavy atom. The number of carbonyl (C=O) groups excluding carboxylic acids is 1. The second-order valence-electron chi connectivity index (χ2n) is 3.70. The van der Waals surface area contributed by atoms with E-state index in [2.05, 4.69) is 22.6 Å². The Balaban J connectivity index is 2.11. The second-order valence-corrected chi connectivity index (χ2v) is 4.95. The molecule has 0 aromatic heterocycles. The second kappa shape index (κ2) is 4.49. The van der Waals surface area contributed by atoms with Crippen LogP contribution < -0.4 is 0 Å². The molecule has 0 saturated carbocycles. The van der Waals surface area contributed by atoms with E-state index in [0.717, 1.165) is 3.57 Å². The van der Waals surface area contributed by atoms with Crippen molar-refractivity contribution in [1.29, 1.82) is 0 Å². The maximum absolute atomic E-state index is 11.9. The number of amides is 1. The van der Waals surface area contributed by atoms with Crippen LogP contribution in [0.15, 0.2) is 24.3 Å². The molecule has 2 rings (SSSR count). The number of aliphatic hydroxyl groups excluding tert-OH is 1. The normalized spacial score (nSPS) is 20.7. The minimum Gasteiger partial charge on any atom is -0.391 e. The van der Waals surface area contributed by atoms with Crippen molar-refractivity contribution in [1.82, 2.24) is 4.90 Å². The summed E-state index contributed by atoms with van der Waals surface area (Å²) in [6.45, 7) is 1.12. The summed E-state index contributed by atoms with van der Waals surface area (Å²) in [5, 5.41) is 9.34. The highest BCUT2D eigenvalue weighted by molar-refractivity contribution is 14.1. The molecule has 1 aromatic carbocycles. The summed E-state index contributed by atoms with van der Waals surface area (Å²) >= 11 is 2.21. The van der Waals surface area contributed by atoms with Gasteiger partial charge >= 0.3 is 0 Å². The molecule has 1 fully saturated rings. The van der Waals surface area contributed by atoms with Gasteiger partial charge in [-0.05, 0) is 53.3 Å².